The summed E-state index contributed by atoms with van der Waals surface area (Å²) in [6.45, 7) is 2.00. The SMILES string of the molecule is OC1CCCCC1NC1CCNCc2ccccc21. The van der Waals surface area contributed by atoms with Gasteiger partial charge in [-0.3, -0.25) is 0 Å². The molecule has 0 saturated heterocycles. The Morgan fingerprint density at radius 1 is 1.11 bits per heavy atom. The van der Waals surface area contributed by atoms with Gasteiger partial charge in [0, 0.05) is 18.6 Å². The summed E-state index contributed by atoms with van der Waals surface area (Å²) in [5, 5.41) is 17.3. The minimum Gasteiger partial charge on any atom is -0.392 e. The Labute approximate surface area is 115 Å². The van der Waals surface area contributed by atoms with Crippen molar-refractivity contribution >= 4 is 0 Å². The Balaban J connectivity index is 1.76. The van der Waals surface area contributed by atoms with E-state index in [0.29, 0.717) is 6.04 Å². The first-order valence-electron chi connectivity index (χ1n) is 7.57. The molecule has 3 nitrogen and oxygen atoms in total. The Hall–Kier alpha value is -0.900. The van der Waals surface area contributed by atoms with E-state index in [2.05, 4.69) is 34.9 Å². The van der Waals surface area contributed by atoms with Crippen LogP contribution in [-0.4, -0.2) is 23.8 Å². The van der Waals surface area contributed by atoms with Crippen molar-refractivity contribution in [2.24, 2.45) is 0 Å². The molecule has 1 heterocycles. The number of aliphatic hydroxyl groups excluding tert-OH is 1. The van der Waals surface area contributed by atoms with Crippen LogP contribution in [0.25, 0.3) is 0 Å². The molecule has 0 amide bonds. The number of hydrogen-bond donors (Lipinski definition) is 3. The zero-order valence-electron chi connectivity index (χ0n) is 11.4. The van der Waals surface area contributed by atoms with Gasteiger partial charge in [0.25, 0.3) is 0 Å². The van der Waals surface area contributed by atoms with Gasteiger partial charge >= 0.3 is 0 Å². The molecule has 0 radical (unpaired) electrons. The molecular weight excluding hydrogens is 236 g/mol. The molecule has 3 rings (SSSR count). The molecule has 19 heavy (non-hydrogen) atoms. The van der Waals surface area contributed by atoms with E-state index in [0.717, 1.165) is 32.4 Å². The van der Waals surface area contributed by atoms with Crippen molar-refractivity contribution in [3.8, 4) is 0 Å². The van der Waals surface area contributed by atoms with Gasteiger partial charge in [0.2, 0.25) is 0 Å². The largest absolute Gasteiger partial charge is 0.392 e. The van der Waals surface area contributed by atoms with Crippen molar-refractivity contribution < 1.29 is 5.11 Å². The molecule has 1 aromatic carbocycles. The van der Waals surface area contributed by atoms with Crippen LogP contribution in [0.5, 0.6) is 0 Å². The van der Waals surface area contributed by atoms with E-state index in [4.69, 9.17) is 0 Å². The van der Waals surface area contributed by atoms with E-state index in [9.17, 15) is 5.11 Å². The zero-order chi connectivity index (χ0) is 13.1. The van der Waals surface area contributed by atoms with Crippen molar-refractivity contribution in [2.45, 2.75) is 56.8 Å². The van der Waals surface area contributed by atoms with Crippen molar-refractivity contribution in [1.29, 1.82) is 0 Å². The zero-order valence-corrected chi connectivity index (χ0v) is 11.4. The molecule has 1 saturated carbocycles. The van der Waals surface area contributed by atoms with Crippen LogP contribution < -0.4 is 10.6 Å². The lowest BCUT2D eigenvalue weighted by Crippen LogP contribution is -2.44. The molecule has 2 aliphatic rings. The second kappa shape index (κ2) is 6.04. The van der Waals surface area contributed by atoms with E-state index in [1.807, 2.05) is 0 Å². The summed E-state index contributed by atoms with van der Waals surface area (Å²) in [6, 6.07) is 9.32. The number of nitrogens with one attached hydrogen (secondary N) is 2. The van der Waals surface area contributed by atoms with E-state index < -0.39 is 0 Å². The Bertz CT molecular complexity index is 421. The topological polar surface area (TPSA) is 44.3 Å². The summed E-state index contributed by atoms with van der Waals surface area (Å²) in [5.41, 5.74) is 2.80. The van der Waals surface area contributed by atoms with Crippen molar-refractivity contribution in [1.82, 2.24) is 10.6 Å². The molecule has 1 aliphatic carbocycles. The summed E-state index contributed by atoms with van der Waals surface area (Å²) in [6.07, 6.45) is 5.39. The predicted octanol–water partition coefficient (Wildman–Crippen LogP) is 2.11. The van der Waals surface area contributed by atoms with E-state index in [1.165, 1.54) is 24.0 Å². The highest BCUT2D eigenvalue weighted by molar-refractivity contribution is 5.31. The van der Waals surface area contributed by atoms with Crippen LogP contribution in [0.1, 0.15) is 49.3 Å². The summed E-state index contributed by atoms with van der Waals surface area (Å²) < 4.78 is 0. The Morgan fingerprint density at radius 2 is 1.95 bits per heavy atom. The highest BCUT2D eigenvalue weighted by atomic mass is 16.3. The van der Waals surface area contributed by atoms with Gasteiger partial charge < -0.3 is 15.7 Å². The van der Waals surface area contributed by atoms with Gasteiger partial charge in [0.15, 0.2) is 0 Å². The third-order valence-electron chi connectivity index (χ3n) is 4.50. The second-order valence-corrected chi connectivity index (χ2v) is 5.84. The maximum Gasteiger partial charge on any atom is 0.0693 e. The molecule has 3 atom stereocenters. The van der Waals surface area contributed by atoms with Crippen LogP contribution >= 0.6 is 0 Å². The smallest absolute Gasteiger partial charge is 0.0693 e. The highest BCUT2D eigenvalue weighted by Gasteiger charge is 2.27. The van der Waals surface area contributed by atoms with Crippen LogP contribution in [0.15, 0.2) is 24.3 Å². The van der Waals surface area contributed by atoms with Crippen LogP contribution in [0.4, 0.5) is 0 Å². The Kier molecular flexibility index (Phi) is 4.16. The average Bonchev–Trinajstić information content (AvgIpc) is 2.64. The number of benzene rings is 1. The molecule has 3 heteroatoms. The second-order valence-electron chi connectivity index (χ2n) is 5.84. The quantitative estimate of drug-likeness (QED) is 0.763. The van der Waals surface area contributed by atoms with Crippen molar-refractivity contribution in [2.75, 3.05) is 6.54 Å². The van der Waals surface area contributed by atoms with Crippen LogP contribution in [0, 0.1) is 0 Å². The molecule has 1 aliphatic heterocycles. The van der Waals surface area contributed by atoms with Crippen molar-refractivity contribution in [3.05, 3.63) is 35.4 Å². The first kappa shape index (κ1) is 13.1. The molecular formula is C16H24N2O. The average molecular weight is 260 g/mol. The van der Waals surface area contributed by atoms with Gasteiger partial charge in [0.1, 0.15) is 0 Å². The standard InChI is InChI=1S/C16H24N2O/c19-16-8-4-3-7-15(16)18-14-9-10-17-11-12-5-1-2-6-13(12)14/h1-2,5-6,14-19H,3-4,7-11H2. The molecule has 3 N–H and O–H groups in total. The normalized spacial score (nSPS) is 31.5. The maximum absolute atomic E-state index is 10.1. The predicted molar refractivity (Wildman–Crippen MR) is 76.9 cm³/mol. The fourth-order valence-electron chi connectivity index (χ4n) is 3.40. The summed E-state index contributed by atoms with van der Waals surface area (Å²) in [7, 11) is 0. The van der Waals surface area contributed by atoms with Gasteiger partial charge in [-0.15, -0.1) is 0 Å². The molecule has 0 bridgehead atoms. The minimum atomic E-state index is -0.169. The first-order chi connectivity index (χ1) is 9.34. The minimum absolute atomic E-state index is 0.169. The molecule has 104 valence electrons. The van der Waals surface area contributed by atoms with Crippen LogP contribution in [0.2, 0.25) is 0 Å². The molecule has 0 spiro atoms. The maximum atomic E-state index is 10.1. The molecule has 3 unspecified atom stereocenters. The third kappa shape index (κ3) is 2.99. The fraction of sp³-hybridized carbons (Fsp3) is 0.625. The number of aliphatic hydroxyl groups is 1. The molecule has 1 aromatic rings. The summed E-state index contributed by atoms with van der Waals surface area (Å²) >= 11 is 0. The summed E-state index contributed by atoms with van der Waals surface area (Å²) in [5.74, 6) is 0. The number of rotatable bonds is 2. The summed E-state index contributed by atoms with van der Waals surface area (Å²) in [4.78, 5) is 0. The third-order valence-corrected chi connectivity index (χ3v) is 4.50. The number of hydrogen-bond acceptors (Lipinski definition) is 3. The lowest BCUT2D eigenvalue weighted by Gasteiger charge is -2.32. The highest BCUT2D eigenvalue weighted by Crippen LogP contribution is 2.27. The van der Waals surface area contributed by atoms with E-state index in [1.54, 1.807) is 0 Å². The monoisotopic (exact) mass is 260 g/mol. The fourth-order valence-corrected chi connectivity index (χ4v) is 3.40. The van der Waals surface area contributed by atoms with Gasteiger partial charge in [-0.25, -0.2) is 0 Å². The van der Waals surface area contributed by atoms with Gasteiger partial charge in [0.05, 0.1) is 6.10 Å². The van der Waals surface area contributed by atoms with Gasteiger partial charge in [-0.05, 0) is 36.9 Å². The van der Waals surface area contributed by atoms with E-state index in [-0.39, 0.29) is 12.1 Å². The van der Waals surface area contributed by atoms with Gasteiger partial charge in [-0.2, -0.15) is 0 Å². The van der Waals surface area contributed by atoms with E-state index >= 15 is 0 Å². The van der Waals surface area contributed by atoms with Gasteiger partial charge in [-0.1, -0.05) is 37.1 Å². The van der Waals surface area contributed by atoms with Crippen LogP contribution in [0.3, 0.4) is 0 Å². The molecule has 0 aromatic heterocycles. The van der Waals surface area contributed by atoms with Crippen molar-refractivity contribution in [3.63, 3.8) is 0 Å². The lowest BCUT2D eigenvalue weighted by molar-refractivity contribution is 0.0842. The Morgan fingerprint density at radius 3 is 2.84 bits per heavy atom. The first-order valence-corrected chi connectivity index (χ1v) is 7.57. The molecule has 1 fully saturated rings. The van der Waals surface area contributed by atoms with Crippen LogP contribution in [-0.2, 0) is 6.54 Å². The lowest BCUT2D eigenvalue weighted by atomic mass is 9.90. The number of fused-ring (bicyclic) bond motifs is 1.